The van der Waals surface area contributed by atoms with Crippen molar-refractivity contribution in [3.05, 3.63) is 41.0 Å². The van der Waals surface area contributed by atoms with Crippen molar-refractivity contribution in [2.75, 3.05) is 6.54 Å². The Morgan fingerprint density at radius 1 is 1.44 bits per heavy atom. The predicted octanol–water partition coefficient (Wildman–Crippen LogP) is 3.08. The SMILES string of the molecule is CC(CN)c1nc(CSc2ccccc2Cl)no1. The van der Waals surface area contributed by atoms with Crippen molar-refractivity contribution in [3.8, 4) is 0 Å². The van der Waals surface area contributed by atoms with Crippen molar-refractivity contribution < 1.29 is 4.52 Å². The summed E-state index contributed by atoms with van der Waals surface area (Å²) in [4.78, 5) is 5.32. The van der Waals surface area contributed by atoms with Crippen LogP contribution in [0.1, 0.15) is 24.6 Å². The van der Waals surface area contributed by atoms with Crippen LogP contribution in [0.5, 0.6) is 0 Å². The number of aromatic nitrogens is 2. The molecule has 0 bridgehead atoms. The second-order valence-electron chi connectivity index (χ2n) is 3.90. The van der Waals surface area contributed by atoms with Gasteiger partial charge in [-0.1, -0.05) is 35.8 Å². The lowest BCUT2D eigenvalue weighted by Crippen LogP contribution is -2.09. The van der Waals surface area contributed by atoms with Crippen molar-refractivity contribution >= 4 is 23.4 Å². The summed E-state index contributed by atoms with van der Waals surface area (Å²) in [7, 11) is 0. The molecule has 2 aromatic rings. The molecule has 0 radical (unpaired) electrons. The summed E-state index contributed by atoms with van der Waals surface area (Å²) in [5.41, 5.74) is 5.55. The maximum Gasteiger partial charge on any atom is 0.230 e. The molecule has 1 unspecified atom stereocenters. The molecular weight excluding hydrogens is 270 g/mol. The third-order valence-corrected chi connectivity index (χ3v) is 3.96. The quantitative estimate of drug-likeness (QED) is 0.854. The first-order valence-corrected chi connectivity index (χ1v) is 6.97. The first kappa shape index (κ1) is 13.4. The zero-order valence-corrected chi connectivity index (χ0v) is 11.5. The van der Waals surface area contributed by atoms with E-state index in [2.05, 4.69) is 10.1 Å². The molecule has 18 heavy (non-hydrogen) atoms. The van der Waals surface area contributed by atoms with Crippen LogP contribution in [-0.2, 0) is 5.75 Å². The Bertz CT molecular complexity index is 518. The molecule has 0 fully saturated rings. The molecule has 2 rings (SSSR count). The lowest BCUT2D eigenvalue weighted by atomic mass is 10.2. The second-order valence-corrected chi connectivity index (χ2v) is 5.33. The van der Waals surface area contributed by atoms with Gasteiger partial charge in [0.1, 0.15) is 0 Å². The van der Waals surface area contributed by atoms with Crippen LogP contribution in [0.4, 0.5) is 0 Å². The number of thioether (sulfide) groups is 1. The fourth-order valence-corrected chi connectivity index (χ4v) is 2.41. The summed E-state index contributed by atoms with van der Waals surface area (Å²) >= 11 is 7.65. The standard InChI is InChI=1S/C12H14ClN3OS/c1-8(6-14)12-15-11(16-17-12)7-18-10-5-3-2-4-9(10)13/h2-5,8H,6-7,14H2,1H3. The van der Waals surface area contributed by atoms with Crippen molar-refractivity contribution in [2.24, 2.45) is 5.73 Å². The van der Waals surface area contributed by atoms with Crippen LogP contribution in [-0.4, -0.2) is 16.7 Å². The fourth-order valence-electron chi connectivity index (χ4n) is 1.33. The van der Waals surface area contributed by atoms with Gasteiger partial charge in [-0.15, -0.1) is 11.8 Å². The van der Waals surface area contributed by atoms with Gasteiger partial charge in [-0.05, 0) is 12.1 Å². The zero-order valence-electron chi connectivity index (χ0n) is 9.97. The van der Waals surface area contributed by atoms with E-state index in [1.165, 1.54) is 0 Å². The average molecular weight is 284 g/mol. The molecule has 0 aliphatic heterocycles. The number of halogens is 1. The Morgan fingerprint density at radius 2 is 2.22 bits per heavy atom. The highest BCUT2D eigenvalue weighted by molar-refractivity contribution is 7.98. The average Bonchev–Trinajstić information content (AvgIpc) is 2.86. The van der Waals surface area contributed by atoms with Crippen LogP contribution in [0, 0.1) is 0 Å². The van der Waals surface area contributed by atoms with E-state index in [9.17, 15) is 0 Å². The van der Waals surface area contributed by atoms with Crippen LogP contribution in [0.25, 0.3) is 0 Å². The van der Waals surface area contributed by atoms with E-state index >= 15 is 0 Å². The summed E-state index contributed by atoms with van der Waals surface area (Å²) in [5.74, 6) is 1.98. The highest BCUT2D eigenvalue weighted by Crippen LogP contribution is 2.28. The summed E-state index contributed by atoms with van der Waals surface area (Å²) in [6.45, 7) is 2.46. The van der Waals surface area contributed by atoms with Gasteiger partial charge in [0, 0.05) is 17.4 Å². The van der Waals surface area contributed by atoms with E-state index in [0.29, 0.717) is 24.0 Å². The molecule has 0 amide bonds. The number of nitrogens with two attached hydrogens (primary N) is 1. The molecule has 1 atom stereocenters. The summed E-state index contributed by atoms with van der Waals surface area (Å²) in [6, 6.07) is 7.69. The molecule has 0 saturated carbocycles. The van der Waals surface area contributed by atoms with Crippen LogP contribution < -0.4 is 5.73 Å². The largest absolute Gasteiger partial charge is 0.339 e. The van der Waals surface area contributed by atoms with E-state index in [4.69, 9.17) is 21.9 Å². The molecule has 1 heterocycles. The molecule has 0 aliphatic rings. The topological polar surface area (TPSA) is 64.9 Å². The van der Waals surface area contributed by atoms with Crippen LogP contribution in [0.2, 0.25) is 5.02 Å². The van der Waals surface area contributed by atoms with Crippen LogP contribution in [0.15, 0.2) is 33.7 Å². The van der Waals surface area contributed by atoms with Gasteiger partial charge in [0.15, 0.2) is 5.82 Å². The maximum atomic E-state index is 6.07. The molecule has 2 N–H and O–H groups in total. The van der Waals surface area contributed by atoms with Crippen molar-refractivity contribution in [1.29, 1.82) is 0 Å². The number of hydrogen-bond acceptors (Lipinski definition) is 5. The molecule has 1 aromatic carbocycles. The molecule has 0 aliphatic carbocycles. The minimum atomic E-state index is 0.0940. The first-order valence-electron chi connectivity index (χ1n) is 5.60. The third kappa shape index (κ3) is 3.25. The first-order chi connectivity index (χ1) is 8.70. The number of rotatable bonds is 5. The number of hydrogen-bond donors (Lipinski definition) is 1. The molecule has 0 saturated heterocycles. The predicted molar refractivity (Wildman–Crippen MR) is 72.8 cm³/mol. The molecule has 4 nitrogen and oxygen atoms in total. The maximum absolute atomic E-state index is 6.07. The minimum absolute atomic E-state index is 0.0940. The lowest BCUT2D eigenvalue weighted by molar-refractivity contribution is 0.358. The van der Waals surface area contributed by atoms with Crippen molar-refractivity contribution in [2.45, 2.75) is 23.5 Å². The molecule has 96 valence electrons. The summed E-state index contributed by atoms with van der Waals surface area (Å²) in [5, 5.41) is 4.66. The highest BCUT2D eigenvalue weighted by Gasteiger charge is 2.13. The van der Waals surface area contributed by atoms with E-state index < -0.39 is 0 Å². The van der Waals surface area contributed by atoms with E-state index in [0.717, 1.165) is 9.92 Å². The fraction of sp³-hybridized carbons (Fsp3) is 0.333. The monoisotopic (exact) mass is 283 g/mol. The van der Waals surface area contributed by atoms with Crippen molar-refractivity contribution in [1.82, 2.24) is 10.1 Å². The minimum Gasteiger partial charge on any atom is -0.339 e. The van der Waals surface area contributed by atoms with Gasteiger partial charge in [-0.25, -0.2) is 0 Å². The smallest absolute Gasteiger partial charge is 0.230 e. The zero-order chi connectivity index (χ0) is 13.0. The Morgan fingerprint density at radius 3 is 2.94 bits per heavy atom. The third-order valence-electron chi connectivity index (χ3n) is 2.45. The normalized spacial score (nSPS) is 12.6. The Kier molecular flexibility index (Phi) is 4.63. The van der Waals surface area contributed by atoms with Gasteiger partial charge in [0.05, 0.1) is 10.8 Å². The summed E-state index contributed by atoms with van der Waals surface area (Å²) in [6.07, 6.45) is 0. The van der Waals surface area contributed by atoms with E-state index in [1.807, 2.05) is 31.2 Å². The Balaban J connectivity index is 1.98. The molecule has 6 heteroatoms. The molecular formula is C12H14ClN3OS. The van der Waals surface area contributed by atoms with E-state index in [1.54, 1.807) is 11.8 Å². The van der Waals surface area contributed by atoms with Gasteiger partial charge in [-0.2, -0.15) is 4.98 Å². The van der Waals surface area contributed by atoms with Gasteiger partial charge >= 0.3 is 0 Å². The van der Waals surface area contributed by atoms with Gasteiger partial charge in [-0.3, -0.25) is 0 Å². The van der Waals surface area contributed by atoms with Gasteiger partial charge in [0.25, 0.3) is 0 Å². The van der Waals surface area contributed by atoms with Gasteiger partial charge < -0.3 is 10.3 Å². The lowest BCUT2D eigenvalue weighted by Gasteiger charge is -2.00. The summed E-state index contributed by atoms with van der Waals surface area (Å²) < 4.78 is 5.15. The number of nitrogens with zero attached hydrogens (tertiary/aromatic N) is 2. The second kappa shape index (κ2) is 6.22. The van der Waals surface area contributed by atoms with Gasteiger partial charge in [0.2, 0.25) is 5.89 Å². The Labute approximate surface area is 115 Å². The molecule has 0 spiro atoms. The number of benzene rings is 1. The molecule has 1 aromatic heterocycles. The van der Waals surface area contributed by atoms with E-state index in [-0.39, 0.29) is 5.92 Å². The highest BCUT2D eigenvalue weighted by atomic mass is 35.5. The van der Waals surface area contributed by atoms with Crippen molar-refractivity contribution in [3.63, 3.8) is 0 Å². The Hall–Kier alpha value is -1.04. The van der Waals surface area contributed by atoms with Crippen LogP contribution in [0.3, 0.4) is 0 Å². The van der Waals surface area contributed by atoms with Crippen LogP contribution >= 0.6 is 23.4 Å².